The highest BCUT2D eigenvalue weighted by atomic mass is 16.5. The van der Waals surface area contributed by atoms with Crippen LogP contribution in [0.5, 0.6) is 5.75 Å². The molecular weight excluding hydrogens is 194 g/mol. The lowest BCUT2D eigenvalue weighted by atomic mass is 9.97. The lowest BCUT2D eigenvalue weighted by molar-refractivity contribution is 0.0695. The monoisotopic (exact) mass is 207 g/mol. The Morgan fingerprint density at radius 2 is 2.33 bits per heavy atom. The van der Waals surface area contributed by atoms with Gasteiger partial charge in [-0.15, -0.1) is 0 Å². The molecule has 1 heterocycles. The van der Waals surface area contributed by atoms with Crippen molar-refractivity contribution in [3.8, 4) is 5.75 Å². The number of fused-ring (bicyclic) bond motifs is 1. The first kappa shape index (κ1) is 9.83. The van der Waals surface area contributed by atoms with Crippen LogP contribution in [0.1, 0.15) is 22.3 Å². The molecule has 0 aliphatic carbocycles. The van der Waals surface area contributed by atoms with Gasteiger partial charge in [0.1, 0.15) is 5.75 Å². The lowest BCUT2D eigenvalue weighted by Gasteiger charge is -2.22. The zero-order valence-electron chi connectivity index (χ0n) is 8.54. The van der Waals surface area contributed by atoms with Gasteiger partial charge in [-0.2, -0.15) is 0 Å². The number of hydrogen-bond acceptors (Lipinski definition) is 3. The normalized spacial score (nSPS) is 13.9. The Labute approximate surface area is 87.9 Å². The molecule has 1 aliphatic rings. The summed E-state index contributed by atoms with van der Waals surface area (Å²) in [7, 11) is 1.59. The molecule has 1 aromatic rings. The van der Waals surface area contributed by atoms with Gasteiger partial charge >= 0.3 is 5.97 Å². The second-order valence-electron chi connectivity index (χ2n) is 3.50. The van der Waals surface area contributed by atoms with E-state index in [1.165, 1.54) is 0 Å². The van der Waals surface area contributed by atoms with Crippen molar-refractivity contribution in [2.24, 2.45) is 0 Å². The van der Waals surface area contributed by atoms with Crippen LogP contribution in [-0.2, 0) is 6.42 Å². The van der Waals surface area contributed by atoms with Crippen molar-refractivity contribution in [1.29, 1.82) is 0 Å². The Kier molecular flexibility index (Phi) is 2.49. The number of methoxy groups -OCH3 is 1. The van der Waals surface area contributed by atoms with E-state index in [0.29, 0.717) is 5.56 Å². The average molecular weight is 207 g/mol. The van der Waals surface area contributed by atoms with Crippen molar-refractivity contribution in [2.45, 2.75) is 12.8 Å². The van der Waals surface area contributed by atoms with Crippen molar-refractivity contribution < 1.29 is 14.6 Å². The van der Waals surface area contributed by atoms with Crippen LogP contribution in [0.2, 0.25) is 0 Å². The number of carbonyl (C=O) groups is 1. The molecule has 0 bridgehead atoms. The topological polar surface area (TPSA) is 58.6 Å². The summed E-state index contributed by atoms with van der Waals surface area (Å²) in [5.74, 6) is -0.160. The van der Waals surface area contributed by atoms with E-state index in [1.807, 2.05) is 0 Å². The average Bonchev–Trinajstić information content (AvgIpc) is 2.27. The Morgan fingerprint density at radius 1 is 1.53 bits per heavy atom. The third-order valence-electron chi connectivity index (χ3n) is 2.63. The summed E-state index contributed by atoms with van der Waals surface area (Å²) in [5, 5.41) is 12.2. The molecule has 0 saturated carbocycles. The van der Waals surface area contributed by atoms with E-state index in [-0.39, 0.29) is 0 Å². The van der Waals surface area contributed by atoms with Crippen LogP contribution < -0.4 is 10.1 Å². The SMILES string of the molecule is COc1ccc(C(=O)O)c2c1NCCC2. The van der Waals surface area contributed by atoms with Crippen molar-refractivity contribution in [3.63, 3.8) is 0 Å². The molecule has 80 valence electrons. The molecule has 4 heteroatoms. The second kappa shape index (κ2) is 3.81. The summed E-state index contributed by atoms with van der Waals surface area (Å²) in [6.07, 6.45) is 1.75. The maximum absolute atomic E-state index is 11.0. The van der Waals surface area contributed by atoms with E-state index in [2.05, 4.69) is 5.32 Å². The number of nitrogens with one attached hydrogen (secondary N) is 1. The molecule has 0 spiro atoms. The van der Waals surface area contributed by atoms with Crippen LogP contribution in [-0.4, -0.2) is 24.7 Å². The molecule has 2 N–H and O–H groups in total. The number of carboxylic acid groups (broad SMARTS) is 1. The third kappa shape index (κ3) is 1.63. The third-order valence-corrected chi connectivity index (χ3v) is 2.63. The summed E-state index contributed by atoms with van der Waals surface area (Å²) in [4.78, 5) is 11.0. The van der Waals surface area contributed by atoms with Gasteiger partial charge in [0.05, 0.1) is 18.4 Å². The Bertz CT molecular complexity index is 401. The zero-order valence-corrected chi connectivity index (χ0v) is 8.54. The number of benzene rings is 1. The van der Waals surface area contributed by atoms with Crippen LogP contribution >= 0.6 is 0 Å². The predicted octanol–water partition coefficient (Wildman–Crippen LogP) is 1.75. The van der Waals surface area contributed by atoms with Crippen LogP contribution in [0.3, 0.4) is 0 Å². The van der Waals surface area contributed by atoms with E-state index in [4.69, 9.17) is 9.84 Å². The molecule has 1 aliphatic heterocycles. The fourth-order valence-electron chi connectivity index (χ4n) is 1.93. The highest BCUT2D eigenvalue weighted by Gasteiger charge is 2.20. The number of aromatic carboxylic acids is 1. The summed E-state index contributed by atoms with van der Waals surface area (Å²) in [6, 6.07) is 3.30. The first-order chi connectivity index (χ1) is 7.24. The van der Waals surface area contributed by atoms with Gasteiger partial charge in [0, 0.05) is 6.54 Å². The minimum atomic E-state index is -0.877. The molecule has 0 aromatic heterocycles. The Hall–Kier alpha value is -1.71. The fourth-order valence-corrected chi connectivity index (χ4v) is 1.93. The van der Waals surface area contributed by atoms with Gasteiger partial charge in [0.2, 0.25) is 0 Å². The van der Waals surface area contributed by atoms with Gasteiger partial charge in [-0.3, -0.25) is 0 Å². The van der Waals surface area contributed by atoms with Crippen LogP contribution in [0, 0.1) is 0 Å². The van der Waals surface area contributed by atoms with Crippen molar-refractivity contribution in [2.75, 3.05) is 19.0 Å². The molecule has 0 unspecified atom stereocenters. The molecule has 0 saturated heterocycles. The van der Waals surface area contributed by atoms with Crippen molar-refractivity contribution in [3.05, 3.63) is 23.3 Å². The molecule has 4 nitrogen and oxygen atoms in total. The van der Waals surface area contributed by atoms with Gasteiger partial charge in [-0.25, -0.2) is 4.79 Å². The number of carboxylic acids is 1. The molecule has 2 rings (SSSR count). The van der Waals surface area contributed by atoms with Crippen LogP contribution in [0.15, 0.2) is 12.1 Å². The highest BCUT2D eigenvalue weighted by Crippen LogP contribution is 2.34. The Morgan fingerprint density at radius 3 is 3.00 bits per heavy atom. The second-order valence-corrected chi connectivity index (χ2v) is 3.50. The van der Waals surface area contributed by atoms with Gasteiger partial charge < -0.3 is 15.2 Å². The van der Waals surface area contributed by atoms with E-state index in [0.717, 1.165) is 36.4 Å². The molecule has 0 amide bonds. The quantitative estimate of drug-likeness (QED) is 0.775. The first-order valence-electron chi connectivity index (χ1n) is 4.91. The standard InChI is InChI=1S/C11H13NO3/c1-15-9-5-4-8(11(13)14)7-3-2-6-12-10(7)9/h4-5,12H,2-3,6H2,1H3,(H,13,14). The highest BCUT2D eigenvalue weighted by molar-refractivity contribution is 5.92. The molecule has 15 heavy (non-hydrogen) atoms. The van der Waals surface area contributed by atoms with Gasteiger partial charge in [-0.1, -0.05) is 0 Å². The first-order valence-corrected chi connectivity index (χ1v) is 4.91. The molecule has 0 fully saturated rings. The summed E-state index contributed by atoms with van der Waals surface area (Å²) in [5.41, 5.74) is 2.06. The lowest BCUT2D eigenvalue weighted by Crippen LogP contribution is -2.16. The predicted molar refractivity (Wildman–Crippen MR) is 56.8 cm³/mol. The van der Waals surface area contributed by atoms with E-state index in [9.17, 15) is 4.79 Å². The smallest absolute Gasteiger partial charge is 0.336 e. The Balaban J connectivity index is 2.57. The van der Waals surface area contributed by atoms with Crippen molar-refractivity contribution in [1.82, 2.24) is 0 Å². The summed E-state index contributed by atoms with van der Waals surface area (Å²) >= 11 is 0. The summed E-state index contributed by atoms with van der Waals surface area (Å²) in [6.45, 7) is 0.867. The maximum atomic E-state index is 11.0. The number of hydrogen-bond donors (Lipinski definition) is 2. The number of anilines is 1. The van der Waals surface area contributed by atoms with Crippen LogP contribution in [0.25, 0.3) is 0 Å². The van der Waals surface area contributed by atoms with Gasteiger partial charge in [0.15, 0.2) is 0 Å². The largest absolute Gasteiger partial charge is 0.495 e. The minimum absolute atomic E-state index is 0.373. The molecular formula is C11H13NO3. The van der Waals surface area contributed by atoms with Crippen molar-refractivity contribution >= 4 is 11.7 Å². The van der Waals surface area contributed by atoms with Crippen LogP contribution in [0.4, 0.5) is 5.69 Å². The zero-order chi connectivity index (χ0) is 10.8. The van der Waals surface area contributed by atoms with E-state index in [1.54, 1.807) is 19.2 Å². The minimum Gasteiger partial charge on any atom is -0.495 e. The number of ether oxygens (including phenoxy) is 1. The number of rotatable bonds is 2. The molecule has 0 atom stereocenters. The van der Waals surface area contributed by atoms with E-state index >= 15 is 0 Å². The molecule has 1 aromatic carbocycles. The fraction of sp³-hybridized carbons (Fsp3) is 0.364. The van der Waals surface area contributed by atoms with E-state index < -0.39 is 5.97 Å². The molecule has 0 radical (unpaired) electrons. The maximum Gasteiger partial charge on any atom is 0.336 e. The summed E-state index contributed by atoms with van der Waals surface area (Å²) < 4.78 is 5.19. The van der Waals surface area contributed by atoms with Gasteiger partial charge in [0.25, 0.3) is 0 Å². The van der Waals surface area contributed by atoms with Gasteiger partial charge in [-0.05, 0) is 30.5 Å².